The Balaban J connectivity index is 0.00000392. The molecule has 1 aromatic rings. The van der Waals surface area contributed by atoms with Crippen molar-refractivity contribution in [3.05, 3.63) is 29.8 Å². The largest absolute Gasteiger partial charge is 0.366 e. The molecular formula is C21H36IN5O. The topological polar surface area (TPSA) is 60.0 Å². The zero-order valence-electron chi connectivity index (χ0n) is 17.7. The molecule has 1 unspecified atom stereocenters. The molecule has 0 aromatic heterocycles. The van der Waals surface area contributed by atoms with E-state index >= 15 is 0 Å². The maximum Gasteiger partial charge on any atom is 0.224 e. The SMILES string of the molecule is CCNC(=NCC(C)N1CCc2ccccc21)NCCC(=O)N(CC)CC.I. The molecule has 28 heavy (non-hydrogen) atoms. The lowest BCUT2D eigenvalue weighted by atomic mass is 10.2. The Labute approximate surface area is 187 Å². The molecule has 2 N–H and O–H groups in total. The number of hydrogen-bond donors (Lipinski definition) is 2. The van der Waals surface area contributed by atoms with Gasteiger partial charge in [0.25, 0.3) is 0 Å². The van der Waals surface area contributed by atoms with Crippen LogP contribution in [0.5, 0.6) is 0 Å². The van der Waals surface area contributed by atoms with Gasteiger partial charge >= 0.3 is 0 Å². The molecule has 1 amide bonds. The van der Waals surface area contributed by atoms with Crippen LogP contribution >= 0.6 is 24.0 Å². The minimum absolute atomic E-state index is 0. The lowest BCUT2D eigenvalue weighted by Gasteiger charge is -2.26. The van der Waals surface area contributed by atoms with Gasteiger partial charge in [0.05, 0.1) is 6.54 Å². The van der Waals surface area contributed by atoms with Crippen LogP contribution in [0.4, 0.5) is 5.69 Å². The van der Waals surface area contributed by atoms with Crippen molar-refractivity contribution in [2.45, 2.75) is 46.6 Å². The van der Waals surface area contributed by atoms with Crippen molar-refractivity contribution in [1.82, 2.24) is 15.5 Å². The number of aliphatic imine (C=N–C) groups is 1. The first-order valence-electron chi connectivity index (χ1n) is 10.2. The van der Waals surface area contributed by atoms with E-state index in [4.69, 9.17) is 4.99 Å². The second kappa shape index (κ2) is 12.9. The fourth-order valence-electron chi connectivity index (χ4n) is 3.51. The van der Waals surface area contributed by atoms with Gasteiger partial charge in [-0.1, -0.05) is 18.2 Å². The number of para-hydroxylation sites is 1. The third-order valence-electron chi connectivity index (χ3n) is 5.06. The van der Waals surface area contributed by atoms with Gasteiger partial charge in [-0.2, -0.15) is 0 Å². The highest BCUT2D eigenvalue weighted by molar-refractivity contribution is 14.0. The zero-order chi connectivity index (χ0) is 19.6. The molecule has 1 atom stereocenters. The summed E-state index contributed by atoms with van der Waals surface area (Å²) in [4.78, 5) is 21.2. The molecule has 0 saturated heterocycles. The molecule has 0 saturated carbocycles. The molecule has 1 aromatic carbocycles. The molecule has 1 heterocycles. The van der Waals surface area contributed by atoms with Gasteiger partial charge in [-0.05, 0) is 45.7 Å². The van der Waals surface area contributed by atoms with Gasteiger partial charge in [-0.25, -0.2) is 0 Å². The number of benzene rings is 1. The average Bonchev–Trinajstić information content (AvgIpc) is 3.11. The molecule has 6 nitrogen and oxygen atoms in total. The molecule has 1 aliphatic heterocycles. The van der Waals surface area contributed by atoms with E-state index < -0.39 is 0 Å². The van der Waals surface area contributed by atoms with Crippen LogP contribution in [0.3, 0.4) is 0 Å². The second-order valence-corrected chi connectivity index (χ2v) is 6.88. The van der Waals surface area contributed by atoms with Crippen LogP contribution in [-0.2, 0) is 11.2 Å². The maximum atomic E-state index is 12.1. The highest BCUT2D eigenvalue weighted by Crippen LogP contribution is 2.29. The number of carbonyl (C=O) groups excluding carboxylic acids is 1. The number of rotatable bonds is 9. The van der Waals surface area contributed by atoms with E-state index in [9.17, 15) is 4.79 Å². The summed E-state index contributed by atoms with van der Waals surface area (Å²) in [5.74, 6) is 0.967. The number of nitrogens with zero attached hydrogens (tertiary/aromatic N) is 3. The minimum Gasteiger partial charge on any atom is -0.366 e. The number of anilines is 1. The van der Waals surface area contributed by atoms with Gasteiger partial charge in [-0.3, -0.25) is 9.79 Å². The Morgan fingerprint density at radius 2 is 1.93 bits per heavy atom. The van der Waals surface area contributed by atoms with E-state index in [2.05, 4.69) is 53.6 Å². The summed E-state index contributed by atoms with van der Waals surface area (Å²) in [6.45, 7) is 13.0. The van der Waals surface area contributed by atoms with Gasteiger partial charge in [-0.15, -0.1) is 24.0 Å². The van der Waals surface area contributed by atoms with Gasteiger partial charge in [0.15, 0.2) is 5.96 Å². The molecule has 0 aliphatic carbocycles. The third-order valence-corrected chi connectivity index (χ3v) is 5.06. The Morgan fingerprint density at radius 3 is 2.61 bits per heavy atom. The third kappa shape index (κ3) is 6.83. The summed E-state index contributed by atoms with van der Waals surface area (Å²) in [5.41, 5.74) is 2.76. The number of halogens is 1. The van der Waals surface area contributed by atoms with E-state index in [1.54, 1.807) is 0 Å². The van der Waals surface area contributed by atoms with Crippen molar-refractivity contribution in [3.63, 3.8) is 0 Å². The number of carbonyl (C=O) groups is 1. The van der Waals surface area contributed by atoms with Crippen LogP contribution in [0.15, 0.2) is 29.3 Å². The Bertz CT molecular complexity index is 633. The van der Waals surface area contributed by atoms with Crippen LogP contribution < -0.4 is 15.5 Å². The fraction of sp³-hybridized carbons (Fsp3) is 0.619. The molecule has 0 bridgehead atoms. The van der Waals surface area contributed by atoms with Crippen molar-refractivity contribution >= 4 is 41.5 Å². The summed E-state index contributed by atoms with van der Waals surface area (Å²) in [7, 11) is 0. The predicted molar refractivity (Wildman–Crippen MR) is 129 cm³/mol. The maximum absolute atomic E-state index is 12.1. The molecule has 2 rings (SSSR count). The van der Waals surface area contributed by atoms with E-state index in [0.29, 0.717) is 25.6 Å². The molecular weight excluding hydrogens is 465 g/mol. The van der Waals surface area contributed by atoms with E-state index in [0.717, 1.165) is 38.6 Å². The monoisotopic (exact) mass is 501 g/mol. The summed E-state index contributed by atoms with van der Waals surface area (Å²) in [6, 6.07) is 8.96. The normalized spacial score (nSPS) is 14.1. The summed E-state index contributed by atoms with van der Waals surface area (Å²) < 4.78 is 0. The van der Waals surface area contributed by atoms with Gasteiger partial charge < -0.3 is 20.4 Å². The smallest absolute Gasteiger partial charge is 0.224 e. The quantitative estimate of drug-likeness (QED) is 0.311. The Morgan fingerprint density at radius 1 is 1.21 bits per heavy atom. The summed E-state index contributed by atoms with van der Waals surface area (Å²) in [5, 5.41) is 6.57. The predicted octanol–water partition coefficient (Wildman–Crippen LogP) is 2.87. The first-order chi connectivity index (χ1) is 13.1. The second-order valence-electron chi connectivity index (χ2n) is 6.88. The van der Waals surface area contributed by atoms with E-state index in [1.165, 1.54) is 11.3 Å². The number of guanidine groups is 1. The Kier molecular flexibility index (Phi) is 11.3. The standard InChI is InChI=1S/C21H35N5O.HI/c1-5-22-21(23-14-12-20(27)25(6-2)7-3)24-16-17(4)26-15-13-18-10-8-9-11-19(18)26;/h8-11,17H,5-7,12-16H2,1-4H3,(H2,22,23,24);1H. The van der Waals surface area contributed by atoms with Crippen molar-refractivity contribution in [3.8, 4) is 0 Å². The van der Waals surface area contributed by atoms with Crippen LogP contribution in [-0.4, -0.2) is 62.1 Å². The fourth-order valence-corrected chi connectivity index (χ4v) is 3.51. The van der Waals surface area contributed by atoms with Crippen molar-refractivity contribution in [1.29, 1.82) is 0 Å². The van der Waals surface area contributed by atoms with Crippen molar-refractivity contribution in [2.75, 3.05) is 44.2 Å². The van der Waals surface area contributed by atoms with Crippen LogP contribution in [0, 0.1) is 0 Å². The van der Waals surface area contributed by atoms with Crippen molar-refractivity contribution in [2.24, 2.45) is 4.99 Å². The van der Waals surface area contributed by atoms with Gasteiger partial charge in [0.1, 0.15) is 0 Å². The van der Waals surface area contributed by atoms with Gasteiger partial charge in [0, 0.05) is 50.9 Å². The zero-order valence-corrected chi connectivity index (χ0v) is 20.0. The first kappa shape index (κ1) is 24.5. The van der Waals surface area contributed by atoms with E-state index in [-0.39, 0.29) is 29.9 Å². The molecule has 0 spiro atoms. The number of hydrogen-bond acceptors (Lipinski definition) is 3. The molecule has 1 aliphatic rings. The number of fused-ring (bicyclic) bond motifs is 1. The van der Waals surface area contributed by atoms with E-state index in [1.807, 2.05) is 18.7 Å². The molecule has 0 fully saturated rings. The van der Waals surface area contributed by atoms with Crippen molar-refractivity contribution < 1.29 is 4.79 Å². The van der Waals surface area contributed by atoms with Crippen LogP contribution in [0.1, 0.15) is 39.7 Å². The highest BCUT2D eigenvalue weighted by atomic mass is 127. The van der Waals surface area contributed by atoms with Gasteiger partial charge in [0.2, 0.25) is 5.91 Å². The molecule has 158 valence electrons. The molecule has 0 radical (unpaired) electrons. The lowest BCUT2D eigenvalue weighted by Crippen LogP contribution is -2.41. The summed E-state index contributed by atoms with van der Waals surface area (Å²) >= 11 is 0. The average molecular weight is 501 g/mol. The summed E-state index contributed by atoms with van der Waals surface area (Å²) in [6.07, 6.45) is 1.59. The highest BCUT2D eigenvalue weighted by Gasteiger charge is 2.22. The van der Waals surface area contributed by atoms with Crippen LogP contribution in [0.2, 0.25) is 0 Å². The molecule has 7 heteroatoms. The first-order valence-corrected chi connectivity index (χ1v) is 10.2. The minimum atomic E-state index is 0. The lowest BCUT2D eigenvalue weighted by molar-refractivity contribution is -0.130. The van der Waals surface area contributed by atoms with Crippen LogP contribution in [0.25, 0.3) is 0 Å². The number of nitrogens with one attached hydrogen (secondary N) is 2. The Hall–Kier alpha value is -1.51. The number of amides is 1.